The minimum atomic E-state index is -4.61. The van der Waals surface area contributed by atoms with Crippen LogP contribution in [0, 0.1) is 6.92 Å². The first-order chi connectivity index (χ1) is 13.2. The van der Waals surface area contributed by atoms with Crippen LogP contribution >= 0.6 is 0 Å². The van der Waals surface area contributed by atoms with E-state index in [0.717, 1.165) is 17.2 Å². The van der Waals surface area contributed by atoms with Gasteiger partial charge in [0, 0.05) is 18.4 Å². The van der Waals surface area contributed by atoms with Crippen LogP contribution in [0.3, 0.4) is 0 Å². The van der Waals surface area contributed by atoms with Crippen molar-refractivity contribution in [3.8, 4) is 0 Å². The van der Waals surface area contributed by atoms with Crippen LogP contribution in [0.1, 0.15) is 21.5 Å². The summed E-state index contributed by atoms with van der Waals surface area (Å²) in [4.78, 5) is 16.4. The summed E-state index contributed by atoms with van der Waals surface area (Å²) < 4.78 is 39.2. The molecule has 1 aromatic heterocycles. The van der Waals surface area contributed by atoms with Crippen molar-refractivity contribution in [1.82, 2.24) is 4.98 Å². The Kier molecular flexibility index (Phi) is 6.76. The molecule has 0 saturated carbocycles. The zero-order valence-corrected chi connectivity index (χ0v) is 15.3. The van der Waals surface area contributed by atoms with Crippen molar-refractivity contribution in [2.24, 2.45) is 0 Å². The van der Waals surface area contributed by atoms with Crippen LogP contribution in [-0.4, -0.2) is 17.4 Å². The largest absolute Gasteiger partial charge is 0.417 e. The van der Waals surface area contributed by atoms with Crippen molar-refractivity contribution in [1.29, 1.82) is 0 Å². The van der Waals surface area contributed by atoms with Gasteiger partial charge < -0.3 is 10.6 Å². The van der Waals surface area contributed by atoms with Gasteiger partial charge in [0.2, 0.25) is 0 Å². The van der Waals surface area contributed by atoms with Crippen LogP contribution in [0.2, 0.25) is 0 Å². The van der Waals surface area contributed by atoms with Crippen molar-refractivity contribution >= 4 is 17.4 Å². The average molecular weight is 387 g/mol. The van der Waals surface area contributed by atoms with E-state index in [-0.39, 0.29) is 17.9 Å². The van der Waals surface area contributed by atoms with Crippen molar-refractivity contribution < 1.29 is 18.0 Å². The quantitative estimate of drug-likeness (QED) is 0.628. The van der Waals surface area contributed by atoms with Crippen LogP contribution in [0.25, 0.3) is 0 Å². The van der Waals surface area contributed by atoms with Gasteiger partial charge in [-0.05, 0) is 30.7 Å². The lowest BCUT2D eigenvalue weighted by atomic mass is 10.1. The first kappa shape index (κ1) is 21.0. The molecule has 1 heterocycles. The molecule has 0 saturated heterocycles. The van der Waals surface area contributed by atoms with E-state index in [4.69, 9.17) is 0 Å². The Morgan fingerprint density at radius 2 is 1.89 bits per heavy atom. The molecule has 0 radical (unpaired) electrons. The maximum Gasteiger partial charge on any atom is 0.417 e. The van der Waals surface area contributed by atoms with Gasteiger partial charge in [0.15, 0.2) is 0 Å². The molecule has 7 heteroatoms. The summed E-state index contributed by atoms with van der Waals surface area (Å²) in [7, 11) is 0. The number of benzene rings is 1. The van der Waals surface area contributed by atoms with E-state index >= 15 is 0 Å². The summed E-state index contributed by atoms with van der Waals surface area (Å²) in [6.07, 6.45) is 0.903. The SMILES string of the molecule is C=C/C=C(\C=C)CNc1ncc(C(F)(F)F)cc1C(=O)Nc1ccc(C)cc1. The maximum atomic E-state index is 13.1. The Morgan fingerprint density at radius 3 is 2.46 bits per heavy atom. The number of hydrogen-bond donors (Lipinski definition) is 2. The predicted molar refractivity (Wildman–Crippen MR) is 105 cm³/mol. The summed E-state index contributed by atoms with van der Waals surface area (Å²) in [6, 6.07) is 7.70. The standard InChI is InChI=1S/C21H20F3N3O/c1-4-6-15(5-2)12-25-19-18(11-16(13-26-19)21(22,23)24)20(28)27-17-9-7-14(3)8-10-17/h4-11,13H,1-2,12H2,3H3,(H,25,26)(H,27,28)/b15-6+. The lowest BCUT2D eigenvalue weighted by Crippen LogP contribution is -2.18. The van der Waals surface area contributed by atoms with Crippen molar-refractivity contribution in [2.75, 3.05) is 17.2 Å². The van der Waals surface area contributed by atoms with Crippen LogP contribution < -0.4 is 10.6 Å². The number of aromatic nitrogens is 1. The molecule has 2 aromatic rings. The fourth-order valence-electron chi connectivity index (χ4n) is 2.31. The molecule has 0 aliphatic heterocycles. The summed E-state index contributed by atoms with van der Waals surface area (Å²) in [6.45, 7) is 9.35. The predicted octanol–water partition coefficient (Wildman–Crippen LogP) is 5.37. The minimum absolute atomic E-state index is 0.0365. The number of rotatable bonds is 7. The average Bonchev–Trinajstić information content (AvgIpc) is 2.66. The summed E-state index contributed by atoms with van der Waals surface area (Å²) in [5, 5.41) is 5.47. The number of anilines is 2. The zero-order chi connectivity index (χ0) is 20.7. The maximum absolute atomic E-state index is 13.1. The molecular weight excluding hydrogens is 367 g/mol. The fourth-order valence-corrected chi connectivity index (χ4v) is 2.31. The second-order valence-corrected chi connectivity index (χ2v) is 5.97. The number of halogens is 3. The Hall–Kier alpha value is -3.35. The Morgan fingerprint density at radius 1 is 1.21 bits per heavy atom. The summed E-state index contributed by atoms with van der Waals surface area (Å²) in [5.41, 5.74) is 0.987. The minimum Gasteiger partial charge on any atom is -0.365 e. The van der Waals surface area contributed by atoms with E-state index in [2.05, 4.69) is 28.8 Å². The number of allylic oxidation sites excluding steroid dienone is 2. The molecule has 0 spiro atoms. The molecule has 0 bridgehead atoms. The lowest BCUT2D eigenvalue weighted by Gasteiger charge is -2.14. The Bertz CT molecular complexity index is 900. The molecule has 146 valence electrons. The van der Waals surface area contributed by atoms with Gasteiger partial charge >= 0.3 is 6.18 Å². The van der Waals surface area contributed by atoms with Gasteiger partial charge in [0.1, 0.15) is 5.82 Å². The Balaban J connectivity index is 2.35. The number of hydrogen-bond acceptors (Lipinski definition) is 3. The van der Waals surface area contributed by atoms with E-state index in [9.17, 15) is 18.0 Å². The van der Waals surface area contributed by atoms with Crippen molar-refractivity contribution in [3.05, 3.63) is 90.2 Å². The van der Waals surface area contributed by atoms with Crippen LogP contribution in [0.5, 0.6) is 0 Å². The number of nitrogens with one attached hydrogen (secondary N) is 2. The molecule has 0 atom stereocenters. The number of aryl methyl sites for hydroxylation is 1. The molecule has 1 aromatic carbocycles. The molecule has 2 N–H and O–H groups in total. The van der Waals surface area contributed by atoms with Crippen molar-refractivity contribution in [3.63, 3.8) is 0 Å². The van der Waals surface area contributed by atoms with Gasteiger partial charge in [-0.2, -0.15) is 13.2 Å². The van der Waals surface area contributed by atoms with E-state index < -0.39 is 17.6 Å². The number of pyridine rings is 1. The Labute approximate surface area is 161 Å². The second-order valence-electron chi connectivity index (χ2n) is 5.97. The number of amides is 1. The van der Waals surface area contributed by atoms with E-state index in [1.54, 1.807) is 42.5 Å². The van der Waals surface area contributed by atoms with Gasteiger partial charge in [-0.3, -0.25) is 4.79 Å². The molecule has 0 unspecified atom stereocenters. The van der Waals surface area contributed by atoms with Gasteiger partial charge in [0.05, 0.1) is 11.1 Å². The van der Waals surface area contributed by atoms with Crippen LogP contribution in [0.4, 0.5) is 24.7 Å². The van der Waals surface area contributed by atoms with Crippen LogP contribution in [0.15, 0.2) is 73.5 Å². The molecule has 4 nitrogen and oxygen atoms in total. The highest BCUT2D eigenvalue weighted by Gasteiger charge is 2.32. The zero-order valence-electron chi connectivity index (χ0n) is 15.3. The van der Waals surface area contributed by atoms with Gasteiger partial charge in [0.25, 0.3) is 5.91 Å². The van der Waals surface area contributed by atoms with Gasteiger partial charge in [-0.15, -0.1) is 0 Å². The van der Waals surface area contributed by atoms with Crippen LogP contribution in [-0.2, 0) is 6.18 Å². The highest BCUT2D eigenvalue weighted by atomic mass is 19.4. The van der Waals surface area contributed by atoms with E-state index in [1.165, 1.54) is 0 Å². The number of carbonyl (C=O) groups excluding carboxylic acids is 1. The monoisotopic (exact) mass is 387 g/mol. The first-order valence-electron chi connectivity index (χ1n) is 8.37. The first-order valence-corrected chi connectivity index (χ1v) is 8.37. The molecule has 0 aliphatic carbocycles. The molecule has 1 amide bonds. The summed E-state index contributed by atoms with van der Waals surface area (Å²) in [5.74, 6) is -0.660. The topological polar surface area (TPSA) is 54.0 Å². The second kappa shape index (κ2) is 9.03. The number of nitrogens with zero attached hydrogens (tertiary/aromatic N) is 1. The van der Waals surface area contributed by atoms with Gasteiger partial charge in [-0.1, -0.05) is 49.1 Å². The lowest BCUT2D eigenvalue weighted by molar-refractivity contribution is -0.137. The third-order valence-electron chi connectivity index (χ3n) is 3.82. The molecule has 2 rings (SSSR count). The van der Waals surface area contributed by atoms with Crippen molar-refractivity contribution in [2.45, 2.75) is 13.1 Å². The van der Waals surface area contributed by atoms with E-state index in [0.29, 0.717) is 11.9 Å². The van der Waals surface area contributed by atoms with Gasteiger partial charge in [-0.25, -0.2) is 4.98 Å². The molecule has 28 heavy (non-hydrogen) atoms. The molecule has 0 aliphatic rings. The fraction of sp³-hybridized carbons (Fsp3) is 0.143. The highest BCUT2D eigenvalue weighted by Crippen LogP contribution is 2.31. The number of carbonyl (C=O) groups is 1. The normalized spacial score (nSPS) is 11.6. The third-order valence-corrected chi connectivity index (χ3v) is 3.82. The third kappa shape index (κ3) is 5.57. The smallest absolute Gasteiger partial charge is 0.365 e. The van der Waals surface area contributed by atoms with E-state index in [1.807, 2.05) is 6.92 Å². The molecule has 0 fully saturated rings. The number of alkyl halides is 3. The molecular formula is C21H20F3N3O. The summed E-state index contributed by atoms with van der Waals surface area (Å²) >= 11 is 0. The highest BCUT2D eigenvalue weighted by molar-refractivity contribution is 6.07.